The number of nitrogens with one attached hydrogen (secondary N) is 1. The Morgan fingerprint density at radius 3 is 2.88 bits per heavy atom. The minimum absolute atomic E-state index is 0.772. The minimum atomic E-state index is 0.772. The van der Waals surface area contributed by atoms with Gasteiger partial charge in [-0.15, -0.1) is 11.3 Å². The molecule has 84 valence electrons. The lowest BCUT2D eigenvalue weighted by Gasteiger charge is -2.01. The molecule has 0 aliphatic carbocycles. The molecule has 0 aromatic carbocycles. The van der Waals surface area contributed by atoms with Crippen molar-refractivity contribution < 1.29 is 0 Å². The average molecular weight is 318 g/mol. The summed E-state index contributed by atoms with van der Waals surface area (Å²) in [5.74, 6) is 0. The molecule has 0 spiro atoms. The Kier molecular flexibility index (Phi) is 4.35. The number of hydrogen-bond acceptors (Lipinski definition) is 3. The molecule has 0 fully saturated rings. The Hall–Kier alpha value is -0.420. The summed E-state index contributed by atoms with van der Waals surface area (Å²) in [5.41, 5.74) is 1.05. The van der Waals surface area contributed by atoms with Crippen molar-refractivity contribution in [2.45, 2.75) is 13.1 Å². The third kappa shape index (κ3) is 3.28. The van der Waals surface area contributed by atoms with Crippen LogP contribution in [0.2, 0.25) is 4.34 Å². The molecule has 5 heteroatoms. The molecule has 0 saturated heterocycles. The summed E-state index contributed by atoms with van der Waals surface area (Å²) in [7, 11) is 0. The summed E-state index contributed by atoms with van der Waals surface area (Å²) in [6, 6.07) is 7.95. The van der Waals surface area contributed by atoms with E-state index in [0.717, 1.165) is 27.6 Å². The molecule has 0 aliphatic heterocycles. The highest BCUT2D eigenvalue weighted by atomic mass is 79.9. The molecule has 0 amide bonds. The zero-order valence-electron chi connectivity index (χ0n) is 8.41. The van der Waals surface area contributed by atoms with Gasteiger partial charge in [-0.1, -0.05) is 17.7 Å². The van der Waals surface area contributed by atoms with Gasteiger partial charge in [0.15, 0.2) is 0 Å². The predicted molar refractivity (Wildman–Crippen MR) is 71.8 cm³/mol. The maximum absolute atomic E-state index is 5.96. The predicted octanol–water partition coefficient (Wildman–Crippen LogP) is 3.85. The SMILES string of the molecule is Clc1sc(CNCc2ccccn2)cc1Br. The van der Waals surface area contributed by atoms with Crippen LogP contribution in [-0.4, -0.2) is 4.98 Å². The van der Waals surface area contributed by atoms with Crippen molar-refractivity contribution in [1.29, 1.82) is 0 Å². The van der Waals surface area contributed by atoms with Crippen LogP contribution < -0.4 is 5.32 Å². The molecule has 0 bridgehead atoms. The summed E-state index contributed by atoms with van der Waals surface area (Å²) in [6.07, 6.45) is 1.80. The first-order valence-electron chi connectivity index (χ1n) is 4.80. The average Bonchev–Trinajstić information content (AvgIpc) is 2.60. The summed E-state index contributed by atoms with van der Waals surface area (Å²) in [4.78, 5) is 5.45. The van der Waals surface area contributed by atoms with Crippen molar-refractivity contribution in [2.75, 3.05) is 0 Å². The molecule has 2 rings (SSSR count). The first kappa shape index (κ1) is 12.0. The zero-order valence-corrected chi connectivity index (χ0v) is 11.6. The van der Waals surface area contributed by atoms with Crippen LogP contribution in [0.25, 0.3) is 0 Å². The van der Waals surface area contributed by atoms with Crippen LogP contribution in [0.5, 0.6) is 0 Å². The normalized spacial score (nSPS) is 10.6. The fraction of sp³-hybridized carbons (Fsp3) is 0.182. The summed E-state index contributed by atoms with van der Waals surface area (Å²) >= 11 is 10.9. The van der Waals surface area contributed by atoms with Crippen LogP contribution in [0.4, 0.5) is 0 Å². The number of aromatic nitrogens is 1. The van der Waals surface area contributed by atoms with Gasteiger partial charge in [-0.05, 0) is 34.1 Å². The van der Waals surface area contributed by atoms with Crippen molar-refractivity contribution in [3.8, 4) is 0 Å². The first-order valence-corrected chi connectivity index (χ1v) is 6.79. The van der Waals surface area contributed by atoms with Gasteiger partial charge in [0, 0.05) is 28.6 Å². The number of hydrogen-bond donors (Lipinski definition) is 1. The highest BCUT2D eigenvalue weighted by molar-refractivity contribution is 9.10. The minimum Gasteiger partial charge on any atom is -0.306 e. The van der Waals surface area contributed by atoms with E-state index >= 15 is 0 Å². The molecule has 2 nitrogen and oxygen atoms in total. The third-order valence-electron chi connectivity index (χ3n) is 2.03. The smallest absolute Gasteiger partial charge is 0.107 e. The van der Waals surface area contributed by atoms with Crippen molar-refractivity contribution in [3.05, 3.63) is 49.8 Å². The molecule has 0 atom stereocenters. The molecular formula is C11H10BrClN2S. The molecule has 0 aliphatic rings. The first-order chi connectivity index (χ1) is 7.75. The number of rotatable bonds is 4. The van der Waals surface area contributed by atoms with E-state index in [1.54, 1.807) is 17.5 Å². The zero-order chi connectivity index (χ0) is 11.4. The van der Waals surface area contributed by atoms with Gasteiger partial charge in [0.05, 0.1) is 5.69 Å². The maximum Gasteiger partial charge on any atom is 0.107 e. The van der Waals surface area contributed by atoms with Crippen LogP contribution in [0.1, 0.15) is 10.6 Å². The highest BCUT2D eigenvalue weighted by Gasteiger charge is 2.03. The molecule has 0 radical (unpaired) electrons. The Balaban J connectivity index is 1.84. The number of thiophene rings is 1. The van der Waals surface area contributed by atoms with Crippen molar-refractivity contribution >= 4 is 38.9 Å². The van der Waals surface area contributed by atoms with Gasteiger partial charge in [0.25, 0.3) is 0 Å². The molecular weight excluding hydrogens is 308 g/mol. The van der Waals surface area contributed by atoms with Gasteiger partial charge in [0.2, 0.25) is 0 Å². The molecule has 16 heavy (non-hydrogen) atoms. The van der Waals surface area contributed by atoms with E-state index < -0.39 is 0 Å². The molecule has 2 aromatic rings. The van der Waals surface area contributed by atoms with Gasteiger partial charge in [0.1, 0.15) is 4.34 Å². The Bertz CT molecular complexity index is 439. The van der Waals surface area contributed by atoms with Gasteiger partial charge in [-0.2, -0.15) is 0 Å². The highest BCUT2D eigenvalue weighted by Crippen LogP contribution is 2.31. The lowest BCUT2D eigenvalue weighted by molar-refractivity contribution is 0.686. The van der Waals surface area contributed by atoms with E-state index in [0.29, 0.717) is 0 Å². The molecule has 2 heterocycles. The topological polar surface area (TPSA) is 24.9 Å². The fourth-order valence-corrected chi connectivity index (χ4v) is 3.06. The second-order valence-electron chi connectivity index (χ2n) is 3.26. The van der Waals surface area contributed by atoms with E-state index in [9.17, 15) is 0 Å². The summed E-state index contributed by atoms with van der Waals surface area (Å²) in [6.45, 7) is 1.58. The second kappa shape index (κ2) is 5.77. The van der Waals surface area contributed by atoms with Crippen molar-refractivity contribution in [3.63, 3.8) is 0 Å². The molecule has 0 unspecified atom stereocenters. The van der Waals surface area contributed by atoms with E-state index in [2.05, 4.69) is 26.2 Å². The Labute approximate surface area is 112 Å². The largest absolute Gasteiger partial charge is 0.306 e. The Morgan fingerprint density at radius 1 is 1.38 bits per heavy atom. The van der Waals surface area contributed by atoms with Gasteiger partial charge < -0.3 is 5.32 Å². The number of nitrogens with zero attached hydrogens (tertiary/aromatic N) is 1. The molecule has 1 N–H and O–H groups in total. The molecule has 2 aromatic heterocycles. The van der Waals surface area contributed by atoms with Crippen molar-refractivity contribution in [2.24, 2.45) is 0 Å². The summed E-state index contributed by atoms with van der Waals surface area (Å²) < 4.78 is 1.77. The second-order valence-corrected chi connectivity index (χ2v) is 5.85. The van der Waals surface area contributed by atoms with E-state index in [1.165, 1.54) is 4.88 Å². The van der Waals surface area contributed by atoms with Crippen LogP contribution in [0.3, 0.4) is 0 Å². The van der Waals surface area contributed by atoms with E-state index in [-0.39, 0.29) is 0 Å². The van der Waals surface area contributed by atoms with Gasteiger partial charge in [-0.25, -0.2) is 0 Å². The quantitative estimate of drug-likeness (QED) is 0.926. The maximum atomic E-state index is 5.96. The number of halogens is 2. The van der Waals surface area contributed by atoms with E-state index in [4.69, 9.17) is 11.6 Å². The van der Waals surface area contributed by atoms with Crippen LogP contribution >= 0.6 is 38.9 Å². The standard InChI is InChI=1S/C11H10BrClN2S/c12-10-5-9(16-11(10)13)7-14-6-8-3-1-2-4-15-8/h1-5,14H,6-7H2. The van der Waals surface area contributed by atoms with Crippen LogP contribution in [0.15, 0.2) is 34.9 Å². The van der Waals surface area contributed by atoms with Gasteiger partial charge >= 0.3 is 0 Å². The summed E-state index contributed by atoms with van der Waals surface area (Å²) in [5, 5.41) is 3.33. The third-order valence-corrected chi connectivity index (χ3v) is 4.50. The van der Waals surface area contributed by atoms with Gasteiger partial charge in [-0.3, -0.25) is 4.98 Å². The van der Waals surface area contributed by atoms with Crippen LogP contribution in [0, 0.1) is 0 Å². The lowest BCUT2D eigenvalue weighted by atomic mass is 10.3. The van der Waals surface area contributed by atoms with Crippen LogP contribution in [-0.2, 0) is 13.1 Å². The van der Waals surface area contributed by atoms with Crippen molar-refractivity contribution in [1.82, 2.24) is 10.3 Å². The van der Waals surface area contributed by atoms with E-state index in [1.807, 2.05) is 24.3 Å². The Morgan fingerprint density at radius 2 is 2.25 bits per heavy atom. The fourth-order valence-electron chi connectivity index (χ4n) is 1.29. The monoisotopic (exact) mass is 316 g/mol. The molecule has 0 saturated carbocycles. The lowest BCUT2D eigenvalue weighted by Crippen LogP contribution is -2.12. The number of pyridine rings is 1.